The zero-order valence-corrected chi connectivity index (χ0v) is 20.6. The summed E-state index contributed by atoms with van der Waals surface area (Å²) in [6.45, 7) is 0. The highest BCUT2D eigenvalue weighted by Crippen LogP contribution is 2.37. The Morgan fingerprint density at radius 1 is 0.395 bits per heavy atom. The van der Waals surface area contributed by atoms with Gasteiger partial charge in [0, 0.05) is 39.1 Å². The molecule has 0 saturated heterocycles. The number of nitrogens with zero attached hydrogens (tertiary/aromatic N) is 3. The number of benzene rings is 5. The van der Waals surface area contributed by atoms with Crippen molar-refractivity contribution in [2.45, 2.75) is 0 Å². The number of pyridine rings is 1. The van der Waals surface area contributed by atoms with Gasteiger partial charge in [-0.05, 0) is 65.7 Å². The lowest BCUT2D eigenvalue weighted by atomic mass is 10.0. The first-order chi connectivity index (χ1) is 18.9. The Morgan fingerprint density at radius 2 is 0.974 bits per heavy atom. The highest BCUT2D eigenvalue weighted by molar-refractivity contribution is 6.12. The van der Waals surface area contributed by atoms with Crippen LogP contribution in [-0.2, 0) is 0 Å². The number of hydrogen-bond acceptors (Lipinski definition) is 1. The zero-order valence-electron chi connectivity index (χ0n) is 20.6. The maximum absolute atomic E-state index is 4.44. The Hall–Kier alpha value is -5.15. The third kappa shape index (κ3) is 3.06. The van der Waals surface area contributed by atoms with E-state index in [0.717, 1.165) is 11.2 Å². The normalized spacial score (nSPS) is 11.7. The maximum atomic E-state index is 4.44. The lowest BCUT2D eigenvalue weighted by molar-refractivity contribution is 1.17. The smallest absolute Gasteiger partial charge is 0.0724 e. The SMILES string of the molecule is c1ccc(-n2c3ccccc3c3cc(-c4ccc5c6ccncc6n(-c6ccccc6)c5c4)ccc32)cc1. The first-order valence-corrected chi connectivity index (χ1v) is 12.9. The fourth-order valence-corrected chi connectivity index (χ4v) is 5.91. The summed E-state index contributed by atoms with van der Waals surface area (Å²) >= 11 is 0. The quantitative estimate of drug-likeness (QED) is 0.245. The summed E-state index contributed by atoms with van der Waals surface area (Å²) in [6, 6.07) is 45.6. The number of rotatable bonds is 3. The summed E-state index contributed by atoms with van der Waals surface area (Å²) in [5, 5.41) is 4.97. The first kappa shape index (κ1) is 21.0. The molecule has 5 aromatic carbocycles. The second kappa shape index (κ2) is 8.19. The molecule has 0 aliphatic rings. The molecule has 0 N–H and O–H groups in total. The minimum Gasteiger partial charge on any atom is -0.309 e. The highest BCUT2D eigenvalue weighted by Gasteiger charge is 2.15. The minimum atomic E-state index is 1.12. The lowest BCUT2D eigenvalue weighted by Gasteiger charge is -2.10. The molecule has 0 saturated carbocycles. The van der Waals surface area contributed by atoms with E-state index >= 15 is 0 Å². The summed E-state index contributed by atoms with van der Waals surface area (Å²) in [4.78, 5) is 4.44. The Morgan fingerprint density at radius 3 is 1.76 bits per heavy atom. The molecule has 3 heterocycles. The average molecular weight is 486 g/mol. The summed E-state index contributed by atoms with van der Waals surface area (Å²) < 4.78 is 4.68. The molecule has 38 heavy (non-hydrogen) atoms. The van der Waals surface area contributed by atoms with Crippen molar-refractivity contribution in [3.05, 3.63) is 140 Å². The fourth-order valence-electron chi connectivity index (χ4n) is 5.91. The van der Waals surface area contributed by atoms with Gasteiger partial charge >= 0.3 is 0 Å². The van der Waals surface area contributed by atoms with Crippen LogP contribution in [-0.4, -0.2) is 14.1 Å². The van der Waals surface area contributed by atoms with Crippen molar-refractivity contribution in [1.29, 1.82) is 0 Å². The van der Waals surface area contributed by atoms with E-state index in [1.807, 2.05) is 12.4 Å². The average Bonchev–Trinajstić information content (AvgIpc) is 3.50. The first-order valence-electron chi connectivity index (χ1n) is 12.9. The molecule has 3 nitrogen and oxygen atoms in total. The zero-order chi connectivity index (χ0) is 25.1. The molecule has 8 rings (SSSR count). The van der Waals surface area contributed by atoms with Crippen molar-refractivity contribution < 1.29 is 0 Å². The van der Waals surface area contributed by atoms with E-state index in [4.69, 9.17) is 0 Å². The third-order valence-corrected chi connectivity index (χ3v) is 7.60. The Bertz CT molecular complexity index is 2120. The van der Waals surface area contributed by atoms with Crippen molar-refractivity contribution in [1.82, 2.24) is 14.1 Å². The molecule has 3 heteroatoms. The van der Waals surface area contributed by atoms with Crippen LogP contribution in [0, 0.1) is 0 Å². The van der Waals surface area contributed by atoms with Gasteiger partial charge in [-0.2, -0.15) is 0 Å². The molecule has 0 amide bonds. The molecule has 0 atom stereocenters. The number of hydrogen-bond donors (Lipinski definition) is 0. The van der Waals surface area contributed by atoms with Gasteiger partial charge in [0.2, 0.25) is 0 Å². The minimum absolute atomic E-state index is 1.12. The van der Waals surface area contributed by atoms with Gasteiger partial charge in [-0.25, -0.2) is 0 Å². The predicted molar refractivity (Wildman–Crippen MR) is 158 cm³/mol. The van der Waals surface area contributed by atoms with E-state index in [2.05, 4.69) is 142 Å². The molecule has 0 unspecified atom stereocenters. The third-order valence-electron chi connectivity index (χ3n) is 7.60. The van der Waals surface area contributed by atoms with Crippen molar-refractivity contribution >= 4 is 43.6 Å². The van der Waals surface area contributed by atoms with Crippen LogP contribution in [0.3, 0.4) is 0 Å². The summed E-state index contributed by atoms with van der Waals surface area (Å²) in [7, 11) is 0. The number of fused-ring (bicyclic) bond motifs is 6. The summed E-state index contributed by atoms with van der Waals surface area (Å²) in [5.41, 5.74) is 9.45. The van der Waals surface area contributed by atoms with Gasteiger partial charge in [-0.3, -0.25) is 4.98 Å². The predicted octanol–water partition coefficient (Wildman–Crippen LogP) is 8.94. The summed E-state index contributed by atoms with van der Waals surface area (Å²) in [5.74, 6) is 0. The van der Waals surface area contributed by atoms with Gasteiger partial charge in [0.05, 0.1) is 28.3 Å². The maximum Gasteiger partial charge on any atom is 0.0724 e. The molecule has 0 radical (unpaired) electrons. The topological polar surface area (TPSA) is 22.8 Å². The molecule has 0 fully saturated rings. The van der Waals surface area contributed by atoms with Gasteiger partial charge in [0.15, 0.2) is 0 Å². The molecule has 3 aromatic heterocycles. The Kier molecular flexibility index (Phi) is 4.52. The van der Waals surface area contributed by atoms with Crippen LogP contribution in [0.25, 0.3) is 66.1 Å². The number of aromatic nitrogens is 3. The van der Waals surface area contributed by atoms with Crippen LogP contribution in [0.2, 0.25) is 0 Å². The second-order valence-electron chi connectivity index (χ2n) is 9.72. The van der Waals surface area contributed by atoms with Crippen molar-refractivity contribution in [2.75, 3.05) is 0 Å². The van der Waals surface area contributed by atoms with Gasteiger partial charge in [0.25, 0.3) is 0 Å². The molecule has 8 aromatic rings. The Balaban J connectivity index is 1.38. The van der Waals surface area contributed by atoms with Gasteiger partial charge in [0.1, 0.15) is 0 Å². The molecule has 0 bridgehead atoms. The monoisotopic (exact) mass is 485 g/mol. The highest BCUT2D eigenvalue weighted by atomic mass is 15.0. The largest absolute Gasteiger partial charge is 0.309 e. The second-order valence-corrected chi connectivity index (χ2v) is 9.72. The van der Waals surface area contributed by atoms with E-state index in [9.17, 15) is 0 Å². The van der Waals surface area contributed by atoms with Crippen molar-refractivity contribution in [3.8, 4) is 22.5 Å². The van der Waals surface area contributed by atoms with E-state index in [-0.39, 0.29) is 0 Å². The van der Waals surface area contributed by atoms with E-state index in [1.165, 1.54) is 54.9 Å². The molecular weight excluding hydrogens is 462 g/mol. The van der Waals surface area contributed by atoms with Crippen LogP contribution in [0.15, 0.2) is 140 Å². The van der Waals surface area contributed by atoms with Gasteiger partial charge in [-0.1, -0.05) is 72.8 Å². The summed E-state index contributed by atoms with van der Waals surface area (Å²) in [6.07, 6.45) is 3.84. The van der Waals surface area contributed by atoms with E-state index in [1.54, 1.807) is 0 Å². The Labute approximate surface area is 219 Å². The van der Waals surface area contributed by atoms with Crippen LogP contribution in [0.4, 0.5) is 0 Å². The molecule has 0 aliphatic heterocycles. The van der Waals surface area contributed by atoms with Crippen molar-refractivity contribution in [3.63, 3.8) is 0 Å². The van der Waals surface area contributed by atoms with Crippen LogP contribution in [0.1, 0.15) is 0 Å². The van der Waals surface area contributed by atoms with E-state index < -0.39 is 0 Å². The van der Waals surface area contributed by atoms with Crippen molar-refractivity contribution in [2.24, 2.45) is 0 Å². The van der Waals surface area contributed by atoms with E-state index in [0.29, 0.717) is 0 Å². The molecule has 178 valence electrons. The number of para-hydroxylation sites is 3. The lowest BCUT2D eigenvalue weighted by Crippen LogP contribution is -1.94. The molecular formula is C35H23N3. The molecule has 0 aliphatic carbocycles. The van der Waals surface area contributed by atoms with Crippen LogP contribution >= 0.6 is 0 Å². The standard InChI is InChI=1S/C35H23N3/c1-3-9-26(10-4-1)37-32-14-8-7-13-28(32)31-21-24(16-18-33(31)37)25-15-17-29-30-19-20-36-23-35(30)38(34(29)22-25)27-11-5-2-6-12-27/h1-23H. The van der Waals surface area contributed by atoms with Crippen LogP contribution in [0.5, 0.6) is 0 Å². The van der Waals surface area contributed by atoms with Crippen LogP contribution < -0.4 is 0 Å². The fraction of sp³-hybridized carbons (Fsp3) is 0. The van der Waals surface area contributed by atoms with Gasteiger partial charge in [-0.15, -0.1) is 0 Å². The van der Waals surface area contributed by atoms with Gasteiger partial charge < -0.3 is 9.13 Å². The molecule has 0 spiro atoms.